The molecule has 1 aromatic carbocycles. The van der Waals surface area contributed by atoms with Gasteiger partial charge in [-0.3, -0.25) is 4.57 Å². The fourth-order valence-corrected chi connectivity index (χ4v) is 3.89. The van der Waals surface area contributed by atoms with E-state index in [-0.39, 0.29) is 0 Å². The summed E-state index contributed by atoms with van der Waals surface area (Å²) in [6.07, 6.45) is 6.73. The van der Waals surface area contributed by atoms with Gasteiger partial charge in [0.2, 0.25) is 5.95 Å². The number of hydrogen-bond acceptors (Lipinski definition) is 6. The maximum absolute atomic E-state index is 5.24. The quantitative estimate of drug-likeness (QED) is 0.588. The summed E-state index contributed by atoms with van der Waals surface area (Å²) in [5.41, 5.74) is 2.40. The number of rotatable bonds is 7. The van der Waals surface area contributed by atoms with E-state index in [1.807, 2.05) is 24.3 Å². The third-order valence-corrected chi connectivity index (χ3v) is 5.46. The molecule has 0 unspecified atom stereocenters. The molecule has 1 N–H and O–H groups in total. The Bertz CT molecular complexity index is 920. The van der Waals surface area contributed by atoms with Crippen molar-refractivity contribution in [1.29, 1.82) is 0 Å². The summed E-state index contributed by atoms with van der Waals surface area (Å²) in [5.74, 6) is 1.59. The van der Waals surface area contributed by atoms with Gasteiger partial charge in [0.05, 0.1) is 13.3 Å². The second-order valence-corrected chi connectivity index (χ2v) is 7.85. The van der Waals surface area contributed by atoms with Crippen LogP contribution in [-0.4, -0.2) is 51.2 Å². The van der Waals surface area contributed by atoms with Gasteiger partial charge in [0.25, 0.3) is 0 Å². The number of nitrogens with zero attached hydrogens (tertiary/aromatic N) is 5. The lowest BCUT2D eigenvalue weighted by Crippen LogP contribution is -2.31. The zero-order valence-electron chi connectivity index (χ0n) is 16.1. The number of anilines is 2. The van der Waals surface area contributed by atoms with Crippen LogP contribution in [0.1, 0.15) is 25.7 Å². The highest BCUT2D eigenvalue weighted by molar-refractivity contribution is 9.10. The summed E-state index contributed by atoms with van der Waals surface area (Å²) in [6.45, 7) is 4.37. The molecule has 0 spiro atoms. The number of nitrogens with one attached hydrogen (secondary N) is 1. The van der Waals surface area contributed by atoms with E-state index in [4.69, 9.17) is 4.74 Å². The highest BCUT2D eigenvalue weighted by atomic mass is 79.9. The molecule has 148 valence electrons. The van der Waals surface area contributed by atoms with Crippen molar-refractivity contribution in [2.24, 2.45) is 0 Å². The van der Waals surface area contributed by atoms with Crippen molar-refractivity contribution < 1.29 is 4.74 Å². The lowest BCUT2D eigenvalue weighted by atomic mass is 10.1. The van der Waals surface area contributed by atoms with E-state index >= 15 is 0 Å². The third kappa shape index (κ3) is 4.44. The fourth-order valence-electron chi connectivity index (χ4n) is 3.62. The molecule has 1 aliphatic heterocycles. The van der Waals surface area contributed by atoms with Crippen LogP contribution in [0.3, 0.4) is 0 Å². The van der Waals surface area contributed by atoms with Gasteiger partial charge in [-0.1, -0.05) is 6.42 Å². The van der Waals surface area contributed by atoms with Gasteiger partial charge < -0.3 is 15.0 Å². The Morgan fingerprint density at radius 2 is 1.86 bits per heavy atom. The van der Waals surface area contributed by atoms with Crippen LogP contribution < -0.4 is 10.1 Å². The number of aryl methyl sites for hydroxylation is 1. The predicted octanol–water partition coefficient (Wildman–Crippen LogP) is 4.22. The Balaban J connectivity index is 1.54. The standard InChI is InChI=1S/C20H25BrN6O/c1-28-16-8-6-15(7-9-16)23-20-25-18-19(24-17(21)14-22-18)27(20)13-5-12-26-10-3-2-4-11-26/h6-9,14H,2-5,10-13H2,1H3,(H,22,23,25). The number of methoxy groups -OCH3 is 1. The minimum Gasteiger partial charge on any atom is -0.497 e. The van der Waals surface area contributed by atoms with Gasteiger partial charge in [-0.2, -0.15) is 4.98 Å². The van der Waals surface area contributed by atoms with Gasteiger partial charge >= 0.3 is 0 Å². The zero-order valence-corrected chi connectivity index (χ0v) is 17.7. The van der Waals surface area contributed by atoms with Gasteiger partial charge in [-0.05, 0) is 79.1 Å². The molecule has 1 saturated heterocycles. The summed E-state index contributed by atoms with van der Waals surface area (Å²) in [7, 11) is 1.67. The smallest absolute Gasteiger partial charge is 0.211 e. The van der Waals surface area contributed by atoms with Crippen molar-refractivity contribution in [3.05, 3.63) is 35.1 Å². The van der Waals surface area contributed by atoms with E-state index in [9.17, 15) is 0 Å². The first-order valence-electron chi connectivity index (χ1n) is 9.75. The van der Waals surface area contributed by atoms with E-state index in [1.165, 1.54) is 32.4 Å². The van der Waals surface area contributed by atoms with Gasteiger partial charge in [0.1, 0.15) is 10.4 Å². The van der Waals surface area contributed by atoms with Crippen LogP contribution in [0.25, 0.3) is 11.3 Å². The zero-order chi connectivity index (χ0) is 19.3. The molecule has 0 amide bonds. The molecular weight excluding hydrogens is 420 g/mol. The predicted molar refractivity (Wildman–Crippen MR) is 114 cm³/mol. The van der Waals surface area contributed by atoms with Crippen molar-refractivity contribution in [1.82, 2.24) is 24.4 Å². The van der Waals surface area contributed by atoms with Gasteiger partial charge in [-0.15, -0.1) is 0 Å². The van der Waals surface area contributed by atoms with Crippen LogP contribution in [0.2, 0.25) is 0 Å². The van der Waals surface area contributed by atoms with Crippen LogP contribution in [0.15, 0.2) is 35.1 Å². The number of hydrogen-bond donors (Lipinski definition) is 1. The van der Waals surface area contributed by atoms with E-state index in [0.29, 0.717) is 10.3 Å². The monoisotopic (exact) mass is 444 g/mol. The summed E-state index contributed by atoms with van der Waals surface area (Å²) in [4.78, 5) is 16.3. The molecule has 3 heterocycles. The second-order valence-electron chi connectivity index (χ2n) is 7.04. The number of imidazole rings is 1. The molecule has 3 aromatic rings. The maximum atomic E-state index is 5.24. The molecule has 1 aliphatic rings. The summed E-state index contributed by atoms with van der Waals surface area (Å²) in [6, 6.07) is 7.82. The van der Waals surface area contributed by atoms with E-state index < -0.39 is 0 Å². The highest BCUT2D eigenvalue weighted by Gasteiger charge is 2.15. The number of aromatic nitrogens is 4. The Morgan fingerprint density at radius 3 is 2.61 bits per heavy atom. The SMILES string of the molecule is COc1ccc(Nc2nc3ncc(Br)nc3n2CCCN2CCCCC2)cc1. The number of ether oxygens (including phenoxy) is 1. The average Bonchev–Trinajstić information content (AvgIpc) is 3.06. The minimum absolute atomic E-state index is 0.650. The van der Waals surface area contributed by atoms with Crippen LogP contribution in [0, 0.1) is 0 Å². The second kappa shape index (κ2) is 8.87. The Hall–Kier alpha value is -2.19. The number of piperidine rings is 1. The van der Waals surface area contributed by atoms with Crippen molar-refractivity contribution >= 4 is 38.9 Å². The van der Waals surface area contributed by atoms with Gasteiger partial charge in [0.15, 0.2) is 11.3 Å². The first-order chi connectivity index (χ1) is 13.7. The highest BCUT2D eigenvalue weighted by Crippen LogP contribution is 2.24. The van der Waals surface area contributed by atoms with Crippen molar-refractivity contribution in [2.75, 3.05) is 32.1 Å². The number of fused-ring (bicyclic) bond motifs is 1. The first kappa shape index (κ1) is 19.1. The van der Waals surface area contributed by atoms with Crippen LogP contribution in [0.4, 0.5) is 11.6 Å². The molecule has 0 saturated carbocycles. The lowest BCUT2D eigenvalue weighted by molar-refractivity contribution is 0.223. The topological polar surface area (TPSA) is 68.1 Å². The fraction of sp³-hybridized carbons (Fsp3) is 0.450. The summed E-state index contributed by atoms with van der Waals surface area (Å²) in [5, 5.41) is 3.41. The molecule has 0 atom stereocenters. The summed E-state index contributed by atoms with van der Waals surface area (Å²) < 4.78 is 8.08. The Morgan fingerprint density at radius 1 is 1.07 bits per heavy atom. The molecule has 28 heavy (non-hydrogen) atoms. The third-order valence-electron chi connectivity index (χ3n) is 5.08. The van der Waals surface area contributed by atoms with Crippen LogP contribution in [0.5, 0.6) is 5.75 Å². The molecular formula is C20H25BrN6O. The van der Waals surface area contributed by atoms with Crippen molar-refractivity contribution in [3.63, 3.8) is 0 Å². The van der Waals surface area contributed by atoms with Crippen molar-refractivity contribution in [3.8, 4) is 5.75 Å². The van der Waals surface area contributed by atoms with Gasteiger partial charge in [-0.25, -0.2) is 9.97 Å². The molecule has 0 radical (unpaired) electrons. The van der Waals surface area contributed by atoms with E-state index in [0.717, 1.165) is 42.5 Å². The molecule has 7 nitrogen and oxygen atoms in total. The summed E-state index contributed by atoms with van der Waals surface area (Å²) >= 11 is 3.43. The minimum atomic E-state index is 0.650. The van der Waals surface area contributed by atoms with Crippen LogP contribution >= 0.6 is 15.9 Å². The normalized spacial score (nSPS) is 15.1. The molecule has 4 rings (SSSR count). The lowest BCUT2D eigenvalue weighted by Gasteiger charge is -2.26. The molecule has 0 aliphatic carbocycles. The van der Waals surface area contributed by atoms with Crippen LogP contribution in [-0.2, 0) is 6.54 Å². The maximum Gasteiger partial charge on any atom is 0.211 e. The average molecular weight is 445 g/mol. The molecule has 0 bridgehead atoms. The largest absolute Gasteiger partial charge is 0.497 e. The number of halogens is 1. The Labute approximate surface area is 173 Å². The number of likely N-dealkylation sites (tertiary alicyclic amines) is 1. The van der Waals surface area contributed by atoms with Gasteiger partial charge in [0, 0.05) is 12.2 Å². The first-order valence-corrected chi connectivity index (χ1v) is 10.5. The number of benzene rings is 1. The molecule has 8 heteroatoms. The molecule has 1 fully saturated rings. The van der Waals surface area contributed by atoms with E-state index in [2.05, 4.69) is 45.7 Å². The molecule has 2 aromatic heterocycles. The van der Waals surface area contributed by atoms with Crippen molar-refractivity contribution in [2.45, 2.75) is 32.2 Å². The Kier molecular flexibility index (Phi) is 6.07. The van der Waals surface area contributed by atoms with E-state index in [1.54, 1.807) is 13.3 Å².